The van der Waals surface area contributed by atoms with Gasteiger partial charge in [0.1, 0.15) is 5.54 Å². The van der Waals surface area contributed by atoms with Crippen LogP contribution in [-0.4, -0.2) is 62.3 Å². The maximum Gasteiger partial charge on any atom is 0.327 e. The molecule has 0 radical (unpaired) electrons. The van der Waals surface area contributed by atoms with Crippen molar-refractivity contribution < 1.29 is 9.90 Å². The van der Waals surface area contributed by atoms with Crippen molar-refractivity contribution in [3.8, 4) is 0 Å². The van der Waals surface area contributed by atoms with Crippen molar-refractivity contribution in [2.45, 2.75) is 107 Å². The molecular formula is C30H41N5O3. The summed E-state index contributed by atoms with van der Waals surface area (Å²) >= 11 is 0. The van der Waals surface area contributed by atoms with Crippen molar-refractivity contribution in [1.29, 1.82) is 0 Å². The molecule has 38 heavy (non-hydrogen) atoms. The van der Waals surface area contributed by atoms with Crippen LogP contribution >= 0.6 is 0 Å². The molecule has 2 aliphatic carbocycles. The lowest BCUT2D eigenvalue weighted by Gasteiger charge is -2.54. The Hall–Kier alpha value is -2.45. The first-order valence-corrected chi connectivity index (χ1v) is 15.0. The van der Waals surface area contributed by atoms with Crippen LogP contribution in [0, 0.1) is 11.8 Å². The Morgan fingerprint density at radius 2 is 1.53 bits per heavy atom. The zero-order chi connectivity index (χ0) is 26.0. The number of hydrogen-bond donors (Lipinski definition) is 2. The van der Waals surface area contributed by atoms with E-state index in [0.717, 1.165) is 35.7 Å². The summed E-state index contributed by atoms with van der Waals surface area (Å²) in [6.07, 6.45) is 15.6. The second-order valence-electron chi connectivity index (χ2n) is 13.1. The fraction of sp³-hybridized carbons (Fsp3) is 0.700. The van der Waals surface area contributed by atoms with E-state index >= 15 is 0 Å². The van der Waals surface area contributed by atoms with Crippen LogP contribution in [0.15, 0.2) is 29.1 Å². The molecule has 5 aliphatic rings. The van der Waals surface area contributed by atoms with Crippen molar-refractivity contribution in [2.24, 2.45) is 17.6 Å². The Kier molecular flexibility index (Phi) is 6.04. The topological polar surface area (TPSA) is 105 Å². The van der Waals surface area contributed by atoms with Crippen LogP contribution in [0.25, 0.3) is 11.0 Å². The van der Waals surface area contributed by atoms with E-state index in [1.54, 1.807) is 4.90 Å². The van der Waals surface area contributed by atoms with Gasteiger partial charge in [0.2, 0.25) is 0 Å². The number of hydrogen-bond acceptors (Lipinski definition) is 6. The molecule has 3 aliphatic heterocycles. The van der Waals surface area contributed by atoms with Crippen molar-refractivity contribution in [3.63, 3.8) is 0 Å². The Balaban J connectivity index is 1.20. The second-order valence-corrected chi connectivity index (χ2v) is 13.1. The number of aliphatic carboxylic acids is 1. The summed E-state index contributed by atoms with van der Waals surface area (Å²) in [5.74, 6) is 1.13. The average molecular weight is 520 g/mol. The summed E-state index contributed by atoms with van der Waals surface area (Å²) in [4.78, 5) is 35.0. The third kappa shape index (κ3) is 4.06. The van der Waals surface area contributed by atoms with Crippen molar-refractivity contribution >= 4 is 22.8 Å². The van der Waals surface area contributed by atoms with Gasteiger partial charge in [0.05, 0.1) is 24.1 Å². The highest BCUT2D eigenvalue weighted by molar-refractivity contribution is 5.84. The van der Waals surface area contributed by atoms with Crippen LogP contribution in [0.1, 0.15) is 83.1 Å². The van der Waals surface area contributed by atoms with E-state index in [1.165, 1.54) is 64.2 Å². The maximum absolute atomic E-state index is 14.0. The van der Waals surface area contributed by atoms with E-state index in [-0.39, 0.29) is 24.7 Å². The molecule has 4 bridgehead atoms. The van der Waals surface area contributed by atoms with Gasteiger partial charge in [0.15, 0.2) is 5.82 Å². The Morgan fingerprint density at radius 3 is 2.18 bits per heavy atom. The predicted molar refractivity (Wildman–Crippen MR) is 147 cm³/mol. The number of benzene rings is 1. The molecule has 8 heteroatoms. The van der Waals surface area contributed by atoms with Gasteiger partial charge in [-0.1, -0.05) is 44.2 Å². The summed E-state index contributed by atoms with van der Waals surface area (Å²) in [6, 6.07) is 9.83. The highest BCUT2D eigenvalue weighted by Gasteiger charge is 2.49. The van der Waals surface area contributed by atoms with Gasteiger partial charge >= 0.3 is 5.97 Å². The fourth-order valence-corrected chi connectivity index (χ4v) is 8.94. The molecule has 2 saturated carbocycles. The standard InChI is InChI=1S/C30H41N5O3/c31-30(29(37)38)17-33(18-30)27-28(36)35(26-11-4-3-10-25(26)32-27)24-15-21-8-5-9-22(16-24)34(21)23-13-19-6-1-2-7-20(12-19)14-23/h3-4,10-11,19-24H,1-2,5-9,12-18,31H2,(H,37,38)/t19-,20?,21+,22+,23?/m0/s1. The Labute approximate surface area is 224 Å². The summed E-state index contributed by atoms with van der Waals surface area (Å²) in [7, 11) is 0. The van der Waals surface area contributed by atoms with E-state index in [2.05, 4.69) is 4.90 Å². The number of carbonyl (C=O) groups is 1. The molecule has 8 nitrogen and oxygen atoms in total. The molecule has 204 valence electrons. The quantitative estimate of drug-likeness (QED) is 0.631. The van der Waals surface area contributed by atoms with Crippen LogP contribution in [0.5, 0.6) is 0 Å². The van der Waals surface area contributed by atoms with Gasteiger partial charge in [0, 0.05) is 24.2 Å². The highest BCUT2D eigenvalue weighted by atomic mass is 16.4. The van der Waals surface area contributed by atoms with Crippen molar-refractivity contribution in [1.82, 2.24) is 14.5 Å². The molecule has 3 N–H and O–H groups in total. The molecule has 4 heterocycles. The maximum atomic E-state index is 14.0. The minimum absolute atomic E-state index is 0.101. The predicted octanol–water partition coefficient (Wildman–Crippen LogP) is 3.92. The molecular weight excluding hydrogens is 478 g/mol. The number of rotatable bonds is 4. The van der Waals surface area contributed by atoms with Crippen LogP contribution in [0.4, 0.5) is 5.82 Å². The first kappa shape index (κ1) is 24.6. The van der Waals surface area contributed by atoms with Crippen LogP contribution in [0.2, 0.25) is 0 Å². The first-order chi connectivity index (χ1) is 18.4. The van der Waals surface area contributed by atoms with E-state index in [9.17, 15) is 14.7 Å². The summed E-state index contributed by atoms with van der Waals surface area (Å²) in [6.45, 7) is 0.216. The summed E-state index contributed by atoms with van der Waals surface area (Å²) in [5.41, 5.74) is 6.29. The average Bonchev–Trinajstić information content (AvgIpc) is 3.05. The lowest BCUT2D eigenvalue weighted by atomic mass is 9.73. The normalized spacial score (nSPS) is 34.9. The molecule has 7 rings (SSSR count). The zero-order valence-electron chi connectivity index (χ0n) is 22.3. The lowest BCUT2D eigenvalue weighted by Crippen LogP contribution is -2.72. The summed E-state index contributed by atoms with van der Waals surface area (Å²) < 4.78 is 2.01. The highest BCUT2D eigenvalue weighted by Crippen LogP contribution is 2.47. The van der Waals surface area contributed by atoms with Gasteiger partial charge < -0.3 is 20.3 Å². The summed E-state index contributed by atoms with van der Waals surface area (Å²) in [5, 5.41) is 9.49. The van der Waals surface area contributed by atoms with Crippen molar-refractivity contribution in [2.75, 3.05) is 18.0 Å². The fourth-order valence-electron chi connectivity index (χ4n) is 8.94. The van der Waals surface area contributed by atoms with Crippen LogP contribution in [0.3, 0.4) is 0 Å². The third-order valence-electron chi connectivity index (χ3n) is 10.6. The number of piperidine rings is 2. The minimum atomic E-state index is -1.32. The smallest absolute Gasteiger partial charge is 0.327 e. The van der Waals surface area contributed by atoms with Gasteiger partial charge in [-0.3, -0.25) is 14.5 Å². The third-order valence-corrected chi connectivity index (χ3v) is 10.6. The van der Waals surface area contributed by atoms with Gasteiger partial charge in [-0.05, 0) is 68.9 Å². The second kappa shape index (κ2) is 9.33. The Bertz CT molecular complexity index is 1260. The SMILES string of the molecule is NC1(C(=O)O)CN(c2nc3ccccc3n(C3C[C@H]4CCC[C@H](C3)N4C3CC4CCCC[C@@H](C4)C3)c2=O)C1. The number of carboxylic acids is 1. The molecule has 5 atom stereocenters. The molecule has 3 saturated heterocycles. The van der Waals surface area contributed by atoms with Crippen LogP contribution in [-0.2, 0) is 4.79 Å². The van der Waals surface area contributed by atoms with Gasteiger partial charge in [0.25, 0.3) is 5.56 Å². The van der Waals surface area contributed by atoms with E-state index in [4.69, 9.17) is 10.7 Å². The molecule has 5 fully saturated rings. The first-order valence-electron chi connectivity index (χ1n) is 15.0. The number of nitrogens with two attached hydrogens (primary N) is 1. The van der Waals surface area contributed by atoms with E-state index < -0.39 is 11.5 Å². The zero-order valence-corrected chi connectivity index (χ0v) is 22.3. The monoisotopic (exact) mass is 519 g/mol. The number of para-hydroxylation sites is 2. The van der Waals surface area contributed by atoms with Gasteiger partial charge in [-0.15, -0.1) is 0 Å². The van der Waals surface area contributed by atoms with E-state index in [0.29, 0.717) is 23.9 Å². The molecule has 2 unspecified atom stereocenters. The molecule has 0 amide bonds. The Morgan fingerprint density at radius 1 is 0.868 bits per heavy atom. The number of fused-ring (bicyclic) bond motifs is 5. The molecule has 1 aromatic heterocycles. The molecule has 2 aromatic rings. The molecule has 1 aromatic carbocycles. The van der Waals surface area contributed by atoms with Crippen molar-refractivity contribution in [3.05, 3.63) is 34.6 Å². The minimum Gasteiger partial charge on any atom is -0.480 e. The number of carboxylic acid groups (broad SMARTS) is 1. The lowest BCUT2D eigenvalue weighted by molar-refractivity contribution is -0.144. The van der Waals surface area contributed by atoms with Crippen LogP contribution < -0.4 is 16.2 Å². The van der Waals surface area contributed by atoms with E-state index in [1.807, 2.05) is 28.8 Å². The largest absolute Gasteiger partial charge is 0.480 e. The molecule has 0 spiro atoms. The van der Waals surface area contributed by atoms with Gasteiger partial charge in [-0.25, -0.2) is 4.98 Å². The number of anilines is 1. The number of nitrogens with zero attached hydrogens (tertiary/aromatic N) is 4. The number of aromatic nitrogens is 2. The van der Waals surface area contributed by atoms with Gasteiger partial charge in [-0.2, -0.15) is 0 Å².